The molecule has 20 heavy (non-hydrogen) atoms. The lowest BCUT2D eigenvalue weighted by atomic mass is 10.2. The largest absolute Gasteiger partial charge is 0.491 e. The second-order valence-electron chi connectivity index (χ2n) is 4.95. The highest BCUT2D eigenvalue weighted by molar-refractivity contribution is 5.27. The van der Waals surface area contributed by atoms with E-state index in [0.29, 0.717) is 13.2 Å². The molecule has 0 fully saturated rings. The molecule has 0 saturated heterocycles. The Hall–Kier alpha value is -1.10. The fourth-order valence-electron chi connectivity index (χ4n) is 1.73. The Morgan fingerprint density at radius 2 is 1.80 bits per heavy atom. The first kappa shape index (κ1) is 17.0. The summed E-state index contributed by atoms with van der Waals surface area (Å²) in [7, 11) is 1.68. The topological polar surface area (TPSA) is 39.7 Å². The molecule has 0 radical (unpaired) electrons. The van der Waals surface area contributed by atoms with Gasteiger partial charge < -0.3 is 19.5 Å². The van der Waals surface area contributed by atoms with Crippen LogP contribution in [0.15, 0.2) is 24.3 Å². The summed E-state index contributed by atoms with van der Waals surface area (Å²) in [6.45, 7) is 8.01. The van der Waals surface area contributed by atoms with Crippen molar-refractivity contribution in [3.63, 3.8) is 0 Å². The molecule has 1 rings (SSSR count). The Kier molecular flexibility index (Phi) is 9.04. The number of benzene rings is 1. The average Bonchev–Trinajstić information content (AvgIpc) is 2.43. The van der Waals surface area contributed by atoms with Crippen LogP contribution >= 0.6 is 0 Å². The molecule has 0 aliphatic carbocycles. The molecule has 1 aromatic carbocycles. The molecule has 4 nitrogen and oxygen atoms in total. The minimum absolute atomic E-state index is 0.220. The third-order valence-corrected chi connectivity index (χ3v) is 2.70. The van der Waals surface area contributed by atoms with E-state index in [2.05, 4.69) is 17.4 Å². The van der Waals surface area contributed by atoms with Gasteiger partial charge in [-0.3, -0.25) is 0 Å². The quantitative estimate of drug-likeness (QED) is 0.633. The summed E-state index contributed by atoms with van der Waals surface area (Å²) < 4.78 is 15.9. The molecule has 4 heteroatoms. The van der Waals surface area contributed by atoms with Crippen LogP contribution in [-0.2, 0) is 16.0 Å². The lowest BCUT2D eigenvalue weighted by molar-refractivity contribution is 0.0695. The fourth-order valence-corrected chi connectivity index (χ4v) is 1.73. The normalized spacial score (nSPS) is 11.0. The highest BCUT2D eigenvalue weighted by Crippen LogP contribution is 2.13. The van der Waals surface area contributed by atoms with Gasteiger partial charge in [0, 0.05) is 20.3 Å². The van der Waals surface area contributed by atoms with Crippen LogP contribution in [0.25, 0.3) is 0 Å². The van der Waals surface area contributed by atoms with Crippen molar-refractivity contribution in [3.8, 4) is 5.75 Å². The zero-order valence-corrected chi connectivity index (χ0v) is 12.9. The van der Waals surface area contributed by atoms with Crippen molar-refractivity contribution in [1.82, 2.24) is 5.32 Å². The van der Waals surface area contributed by atoms with Crippen molar-refractivity contribution in [2.24, 2.45) is 0 Å². The Balaban J connectivity index is 2.07. The molecule has 0 bridgehead atoms. The summed E-state index contributed by atoms with van der Waals surface area (Å²) >= 11 is 0. The molecular weight excluding hydrogens is 254 g/mol. The van der Waals surface area contributed by atoms with Gasteiger partial charge in [0.2, 0.25) is 0 Å². The van der Waals surface area contributed by atoms with Gasteiger partial charge in [-0.15, -0.1) is 0 Å². The average molecular weight is 281 g/mol. The molecule has 1 aromatic rings. The van der Waals surface area contributed by atoms with Crippen LogP contribution in [0.2, 0.25) is 0 Å². The molecule has 0 atom stereocenters. The molecule has 0 amide bonds. The summed E-state index contributed by atoms with van der Waals surface area (Å²) in [6, 6.07) is 8.23. The van der Waals surface area contributed by atoms with Gasteiger partial charge >= 0.3 is 0 Å². The molecule has 0 unspecified atom stereocenters. The maximum atomic E-state index is 5.61. The zero-order valence-electron chi connectivity index (χ0n) is 12.9. The first-order valence-electron chi connectivity index (χ1n) is 7.25. The van der Waals surface area contributed by atoms with Gasteiger partial charge in [-0.25, -0.2) is 0 Å². The van der Waals surface area contributed by atoms with Crippen LogP contribution in [0.5, 0.6) is 5.75 Å². The smallest absolute Gasteiger partial charge is 0.119 e. The molecule has 0 aliphatic rings. The highest BCUT2D eigenvalue weighted by atomic mass is 16.5. The Bertz CT molecular complexity index is 338. The second kappa shape index (κ2) is 10.7. The van der Waals surface area contributed by atoms with E-state index in [0.717, 1.165) is 31.9 Å². The standard InChI is InChI=1S/C16H27NO3/c1-14(2)20-16-7-5-15(6-8-16)13-17-9-4-10-19-12-11-18-3/h5-8,14,17H,4,9-13H2,1-3H3. The van der Waals surface area contributed by atoms with Crippen LogP contribution in [-0.4, -0.2) is 39.6 Å². The summed E-state index contributed by atoms with van der Waals surface area (Å²) in [6.07, 6.45) is 1.23. The van der Waals surface area contributed by atoms with Gasteiger partial charge in [0.05, 0.1) is 19.3 Å². The first-order chi connectivity index (χ1) is 9.72. The van der Waals surface area contributed by atoms with Crippen LogP contribution < -0.4 is 10.1 Å². The maximum Gasteiger partial charge on any atom is 0.119 e. The van der Waals surface area contributed by atoms with Crippen molar-refractivity contribution < 1.29 is 14.2 Å². The van der Waals surface area contributed by atoms with E-state index in [9.17, 15) is 0 Å². The Labute approximate surface area is 122 Å². The van der Waals surface area contributed by atoms with E-state index < -0.39 is 0 Å². The number of methoxy groups -OCH3 is 1. The van der Waals surface area contributed by atoms with Crippen molar-refractivity contribution in [3.05, 3.63) is 29.8 Å². The van der Waals surface area contributed by atoms with E-state index in [-0.39, 0.29) is 6.10 Å². The van der Waals surface area contributed by atoms with Gasteiger partial charge in [0.25, 0.3) is 0 Å². The fraction of sp³-hybridized carbons (Fsp3) is 0.625. The minimum atomic E-state index is 0.220. The van der Waals surface area contributed by atoms with Gasteiger partial charge in [-0.1, -0.05) is 12.1 Å². The molecule has 114 valence electrons. The number of rotatable bonds is 11. The van der Waals surface area contributed by atoms with Crippen LogP contribution in [0, 0.1) is 0 Å². The van der Waals surface area contributed by atoms with Crippen LogP contribution in [0.4, 0.5) is 0 Å². The Morgan fingerprint density at radius 1 is 1.05 bits per heavy atom. The van der Waals surface area contributed by atoms with Crippen molar-refractivity contribution in [2.45, 2.75) is 32.9 Å². The molecule has 0 spiro atoms. The van der Waals surface area contributed by atoms with E-state index in [1.807, 2.05) is 26.0 Å². The van der Waals surface area contributed by atoms with Gasteiger partial charge in [0.15, 0.2) is 0 Å². The van der Waals surface area contributed by atoms with Crippen LogP contribution in [0.1, 0.15) is 25.8 Å². The second-order valence-corrected chi connectivity index (χ2v) is 4.95. The van der Waals surface area contributed by atoms with E-state index in [1.165, 1.54) is 5.56 Å². The van der Waals surface area contributed by atoms with Crippen LogP contribution in [0.3, 0.4) is 0 Å². The van der Waals surface area contributed by atoms with Crippen molar-refractivity contribution >= 4 is 0 Å². The number of nitrogens with one attached hydrogen (secondary N) is 1. The van der Waals surface area contributed by atoms with Crippen molar-refractivity contribution in [1.29, 1.82) is 0 Å². The van der Waals surface area contributed by atoms with Gasteiger partial charge in [-0.2, -0.15) is 0 Å². The predicted molar refractivity (Wildman–Crippen MR) is 81.2 cm³/mol. The summed E-state index contributed by atoms with van der Waals surface area (Å²) in [5.41, 5.74) is 1.27. The number of ether oxygens (including phenoxy) is 3. The van der Waals surface area contributed by atoms with E-state index in [4.69, 9.17) is 14.2 Å². The number of hydrogen-bond donors (Lipinski definition) is 1. The maximum absolute atomic E-state index is 5.61. The molecule has 0 heterocycles. The molecule has 0 saturated carbocycles. The molecule has 1 N–H and O–H groups in total. The first-order valence-corrected chi connectivity index (χ1v) is 7.25. The third-order valence-electron chi connectivity index (χ3n) is 2.70. The SMILES string of the molecule is COCCOCCCNCc1ccc(OC(C)C)cc1. The lowest BCUT2D eigenvalue weighted by Gasteiger charge is -2.10. The third kappa shape index (κ3) is 8.15. The van der Waals surface area contributed by atoms with Gasteiger partial charge in [0.1, 0.15) is 5.75 Å². The lowest BCUT2D eigenvalue weighted by Crippen LogP contribution is -2.17. The summed E-state index contributed by atoms with van der Waals surface area (Å²) in [4.78, 5) is 0. The summed E-state index contributed by atoms with van der Waals surface area (Å²) in [5, 5.41) is 3.40. The van der Waals surface area contributed by atoms with E-state index >= 15 is 0 Å². The minimum Gasteiger partial charge on any atom is -0.491 e. The summed E-state index contributed by atoms with van der Waals surface area (Å²) in [5.74, 6) is 0.926. The Morgan fingerprint density at radius 3 is 2.45 bits per heavy atom. The molecule has 0 aromatic heterocycles. The highest BCUT2D eigenvalue weighted by Gasteiger charge is 1.98. The zero-order chi connectivity index (χ0) is 14.6. The van der Waals surface area contributed by atoms with Crippen molar-refractivity contribution in [2.75, 3.05) is 33.5 Å². The monoisotopic (exact) mass is 281 g/mol. The predicted octanol–water partition coefficient (Wildman–Crippen LogP) is 2.62. The molecule has 0 aliphatic heterocycles. The van der Waals surface area contributed by atoms with Gasteiger partial charge in [-0.05, 0) is 44.5 Å². The number of hydrogen-bond acceptors (Lipinski definition) is 4. The molecular formula is C16H27NO3. The van der Waals surface area contributed by atoms with E-state index in [1.54, 1.807) is 7.11 Å².